The minimum Gasteiger partial charge on any atom is -0.344 e. The van der Waals surface area contributed by atoms with E-state index in [0.29, 0.717) is 0 Å². The molecule has 4 heteroatoms. The molecule has 3 aromatic rings. The van der Waals surface area contributed by atoms with Gasteiger partial charge in [0, 0.05) is 5.69 Å². The minimum absolute atomic E-state index is 0.204. The molecule has 0 saturated heterocycles. The standard InChI is InChI=1S/C25H26N2O2/c1-17-14-15-22(16-18(17)2)27-24(28)19(3)26-25(29)23(20-10-6-4-7-11-20)21-12-8-5-9-13-21/h4-16,19,23H,1-3H3,(H,26,29)(H,27,28)/t19-/m1/s1. The molecule has 0 bridgehead atoms. The summed E-state index contributed by atoms with van der Waals surface area (Å²) >= 11 is 0. The second kappa shape index (κ2) is 9.20. The summed E-state index contributed by atoms with van der Waals surface area (Å²) in [5, 5.41) is 5.75. The number of amides is 2. The second-order valence-corrected chi connectivity index (χ2v) is 7.27. The molecule has 3 rings (SSSR count). The maximum absolute atomic E-state index is 13.1. The summed E-state index contributed by atoms with van der Waals surface area (Å²) in [6, 6.07) is 24.3. The van der Waals surface area contributed by atoms with Crippen molar-refractivity contribution in [2.75, 3.05) is 5.32 Å². The Bertz CT molecular complexity index is 945. The monoisotopic (exact) mass is 386 g/mol. The van der Waals surface area contributed by atoms with Crippen LogP contribution >= 0.6 is 0 Å². The summed E-state index contributed by atoms with van der Waals surface area (Å²) in [5.74, 6) is -0.930. The third-order valence-electron chi connectivity index (χ3n) is 5.05. The van der Waals surface area contributed by atoms with Gasteiger partial charge in [0.2, 0.25) is 11.8 Å². The number of rotatable bonds is 6. The maximum atomic E-state index is 13.1. The van der Waals surface area contributed by atoms with Crippen molar-refractivity contribution < 1.29 is 9.59 Å². The number of carbonyl (C=O) groups is 2. The summed E-state index contributed by atoms with van der Waals surface area (Å²) in [7, 11) is 0. The van der Waals surface area contributed by atoms with Gasteiger partial charge < -0.3 is 10.6 Å². The van der Waals surface area contributed by atoms with Gasteiger partial charge in [0.15, 0.2) is 0 Å². The Morgan fingerprint density at radius 1 is 0.724 bits per heavy atom. The first kappa shape index (κ1) is 20.3. The van der Waals surface area contributed by atoms with E-state index in [9.17, 15) is 9.59 Å². The first-order chi connectivity index (χ1) is 14.0. The average molecular weight is 386 g/mol. The molecular weight excluding hydrogens is 360 g/mol. The van der Waals surface area contributed by atoms with Gasteiger partial charge in [0.1, 0.15) is 6.04 Å². The van der Waals surface area contributed by atoms with Crippen molar-refractivity contribution >= 4 is 17.5 Å². The first-order valence-corrected chi connectivity index (χ1v) is 9.74. The van der Waals surface area contributed by atoms with Crippen LogP contribution in [0, 0.1) is 13.8 Å². The van der Waals surface area contributed by atoms with Crippen LogP contribution in [-0.4, -0.2) is 17.9 Å². The van der Waals surface area contributed by atoms with E-state index in [1.165, 1.54) is 0 Å². The Kier molecular flexibility index (Phi) is 6.45. The van der Waals surface area contributed by atoms with E-state index in [2.05, 4.69) is 10.6 Å². The molecule has 0 aliphatic carbocycles. The molecule has 0 heterocycles. The number of benzene rings is 3. The summed E-state index contributed by atoms with van der Waals surface area (Å²) in [4.78, 5) is 25.7. The van der Waals surface area contributed by atoms with Crippen molar-refractivity contribution in [1.82, 2.24) is 5.32 Å². The van der Waals surface area contributed by atoms with E-state index >= 15 is 0 Å². The molecule has 29 heavy (non-hydrogen) atoms. The summed E-state index contributed by atoms with van der Waals surface area (Å²) in [5.41, 5.74) is 4.77. The molecule has 0 aliphatic rings. The van der Waals surface area contributed by atoms with Gasteiger partial charge in [-0.25, -0.2) is 0 Å². The van der Waals surface area contributed by atoms with E-state index in [1.54, 1.807) is 6.92 Å². The number of anilines is 1. The summed E-state index contributed by atoms with van der Waals surface area (Å²) in [6.07, 6.45) is 0. The van der Waals surface area contributed by atoms with Crippen molar-refractivity contribution in [1.29, 1.82) is 0 Å². The Morgan fingerprint density at radius 3 is 1.79 bits per heavy atom. The number of aryl methyl sites for hydroxylation is 2. The van der Waals surface area contributed by atoms with E-state index in [4.69, 9.17) is 0 Å². The number of hydrogen-bond acceptors (Lipinski definition) is 2. The molecule has 0 radical (unpaired) electrons. The van der Waals surface area contributed by atoms with Crippen LogP contribution in [0.3, 0.4) is 0 Å². The van der Waals surface area contributed by atoms with Crippen LogP contribution in [0.4, 0.5) is 5.69 Å². The fourth-order valence-corrected chi connectivity index (χ4v) is 3.22. The molecule has 0 fully saturated rings. The third kappa shape index (κ3) is 5.11. The van der Waals surface area contributed by atoms with E-state index in [1.807, 2.05) is 92.7 Å². The first-order valence-electron chi connectivity index (χ1n) is 9.74. The van der Waals surface area contributed by atoms with Crippen LogP contribution in [0.15, 0.2) is 78.9 Å². The van der Waals surface area contributed by atoms with Gasteiger partial charge in [-0.3, -0.25) is 9.59 Å². The molecule has 148 valence electrons. The molecule has 4 nitrogen and oxygen atoms in total. The van der Waals surface area contributed by atoms with Crippen LogP contribution in [0.2, 0.25) is 0 Å². The molecule has 1 atom stereocenters. The average Bonchev–Trinajstić information content (AvgIpc) is 2.72. The molecular formula is C25H26N2O2. The van der Waals surface area contributed by atoms with E-state index in [-0.39, 0.29) is 11.8 Å². The zero-order valence-corrected chi connectivity index (χ0v) is 17.0. The highest BCUT2D eigenvalue weighted by Crippen LogP contribution is 2.25. The van der Waals surface area contributed by atoms with Gasteiger partial charge in [0.05, 0.1) is 5.92 Å². The van der Waals surface area contributed by atoms with Gasteiger partial charge >= 0.3 is 0 Å². The predicted molar refractivity (Wildman–Crippen MR) is 117 cm³/mol. The zero-order valence-electron chi connectivity index (χ0n) is 17.0. The van der Waals surface area contributed by atoms with E-state index < -0.39 is 12.0 Å². The van der Waals surface area contributed by atoms with Gasteiger partial charge in [-0.2, -0.15) is 0 Å². The Balaban J connectivity index is 1.74. The molecule has 2 N–H and O–H groups in total. The van der Waals surface area contributed by atoms with Gasteiger partial charge in [-0.1, -0.05) is 66.7 Å². The highest BCUT2D eigenvalue weighted by atomic mass is 16.2. The van der Waals surface area contributed by atoms with Gasteiger partial charge in [0.25, 0.3) is 0 Å². The fraction of sp³-hybridized carbons (Fsp3) is 0.200. The number of nitrogens with one attached hydrogen (secondary N) is 2. The molecule has 0 saturated carbocycles. The summed E-state index contributed by atoms with van der Waals surface area (Å²) in [6.45, 7) is 5.72. The highest BCUT2D eigenvalue weighted by Gasteiger charge is 2.25. The van der Waals surface area contributed by atoms with Crippen molar-refractivity contribution in [2.24, 2.45) is 0 Å². The minimum atomic E-state index is -0.668. The second-order valence-electron chi connectivity index (χ2n) is 7.27. The Morgan fingerprint density at radius 2 is 1.28 bits per heavy atom. The fourth-order valence-electron chi connectivity index (χ4n) is 3.22. The zero-order chi connectivity index (χ0) is 20.8. The van der Waals surface area contributed by atoms with Crippen molar-refractivity contribution in [3.63, 3.8) is 0 Å². The molecule has 0 aliphatic heterocycles. The molecule has 2 amide bonds. The molecule has 0 unspecified atom stereocenters. The lowest BCUT2D eigenvalue weighted by molar-refractivity contribution is -0.126. The number of hydrogen-bond donors (Lipinski definition) is 2. The van der Waals surface area contributed by atoms with Crippen LogP contribution in [0.1, 0.15) is 35.1 Å². The molecule has 0 aromatic heterocycles. The van der Waals surface area contributed by atoms with Crippen molar-refractivity contribution in [3.05, 3.63) is 101 Å². The number of carbonyl (C=O) groups excluding carboxylic acids is 2. The van der Waals surface area contributed by atoms with Crippen LogP contribution < -0.4 is 10.6 Å². The van der Waals surface area contributed by atoms with Crippen molar-refractivity contribution in [2.45, 2.75) is 32.7 Å². The Hall–Kier alpha value is -3.40. The molecule has 3 aromatic carbocycles. The SMILES string of the molecule is Cc1ccc(NC(=O)[C@@H](C)NC(=O)C(c2ccccc2)c2ccccc2)cc1C. The topological polar surface area (TPSA) is 58.2 Å². The normalized spacial score (nSPS) is 11.7. The predicted octanol–water partition coefficient (Wildman–Crippen LogP) is 4.58. The summed E-state index contributed by atoms with van der Waals surface area (Å²) < 4.78 is 0. The highest BCUT2D eigenvalue weighted by molar-refractivity contribution is 5.98. The quantitative estimate of drug-likeness (QED) is 0.651. The molecule has 0 spiro atoms. The largest absolute Gasteiger partial charge is 0.344 e. The van der Waals surface area contributed by atoms with Gasteiger partial charge in [-0.05, 0) is 55.2 Å². The van der Waals surface area contributed by atoms with Crippen LogP contribution in [0.25, 0.3) is 0 Å². The third-order valence-corrected chi connectivity index (χ3v) is 5.05. The maximum Gasteiger partial charge on any atom is 0.246 e. The smallest absolute Gasteiger partial charge is 0.246 e. The van der Waals surface area contributed by atoms with Crippen molar-refractivity contribution in [3.8, 4) is 0 Å². The lowest BCUT2D eigenvalue weighted by Crippen LogP contribution is -2.43. The van der Waals surface area contributed by atoms with Crippen LogP contribution in [-0.2, 0) is 9.59 Å². The van der Waals surface area contributed by atoms with Crippen LogP contribution in [0.5, 0.6) is 0 Å². The van der Waals surface area contributed by atoms with Gasteiger partial charge in [-0.15, -0.1) is 0 Å². The van der Waals surface area contributed by atoms with E-state index in [0.717, 1.165) is 27.9 Å². The lowest BCUT2D eigenvalue weighted by Gasteiger charge is -2.21. The lowest BCUT2D eigenvalue weighted by atomic mass is 9.90. The Labute approximate surface area is 172 Å².